The van der Waals surface area contributed by atoms with Crippen molar-refractivity contribution in [3.63, 3.8) is 0 Å². The second kappa shape index (κ2) is 9.67. The topological polar surface area (TPSA) is 54.3 Å². The van der Waals surface area contributed by atoms with Crippen molar-refractivity contribution < 1.29 is 9.59 Å². The van der Waals surface area contributed by atoms with Crippen LogP contribution in [0.25, 0.3) is 32.9 Å². The van der Waals surface area contributed by atoms with Crippen LogP contribution < -0.4 is 5.32 Å². The average molecular weight is 500 g/mol. The Hall–Kier alpha value is -4.64. The normalized spacial score (nSPS) is 15.3. The molecule has 6 rings (SSSR count). The summed E-state index contributed by atoms with van der Waals surface area (Å²) in [6, 6.07) is 31.3. The number of aromatic nitrogens is 1. The van der Waals surface area contributed by atoms with Crippen LogP contribution in [-0.2, 0) is 11.3 Å². The Kier molecular flexibility index (Phi) is 6.04. The van der Waals surface area contributed by atoms with E-state index in [0.29, 0.717) is 18.5 Å². The molecule has 1 saturated heterocycles. The van der Waals surface area contributed by atoms with Crippen molar-refractivity contribution in [3.8, 4) is 11.1 Å². The molecule has 188 valence electrons. The third-order valence-electron chi connectivity index (χ3n) is 7.41. The second-order valence-corrected chi connectivity index (χ2v) is 9.83. The first-order valence-corrected chi connectivity index (χ1v) is 13.0. The van der Waals surface area contributed by atoms with Crippen molar-refractivity contribution in [3.05, 3.63) is 115 Å². The van der Waals surface area contributed by atoms with Crippen LogP contribution in [0.1, 0.15) is 23.7 Å². The molecule has 5 nitrogen and oxygen atoms in total. The van der Waals surface area contributed by atoms with Crippen LogP contribution >= 0.6 is 0 Å². The summed E-state index contributed by atoms with van der Waals surface area (Å²) in [6.07, 6.45) is 0.455. The molecule has 0 saturated carbocycles. The Morgan fingerprint density at radius 2 is 1.53 bits per heavy atom. The fourth-order valence-corrected chi connectivity index (χ4v) is 5.55. The van der Waals surface area contributed by atoms with E-state index >= 15 is 0 Å². The Morgan fingerprint density at radius 3 is 2.29 bits per heavy atom. The first-order valence-electron chi connectivity index (χ1n) is 13.0. The lowest BCUT2D eigenvalue weighted by Gasteiger charge is -2.24. The largest absolute Gasteiger partial charge is 0.341 e. The van der Waals surface area contributed by atoms with Gasteiger partial charge in [0.05, 0.1) is 0 Å². The maximum atomic E-state index is 13.5. The minimum atomic E-state index is -0.600. The molecule has 2 amide bonds. The van der Waals surface area contributed by atoms with Gasteiger partial charge < -0.3 is 14.8 Å². The summed E-state index contributed by atoms with van der Waals surface area (Å²) in [7, 11) is 0. The van der Waals surface area contributed by atoms with E-state index < -0.39 is 6.04 Å². The number of hydrogen-bond acceptors (Lipinski definition) is 2. The Labute approximate surface area is 222 Å². The summed E-state index contributed by atoms with van der Waals surface area (Å²) in [5.74, 6) is -0.360. The molecule has 38 heavy (non-hydrogen) atoms. The van der Waals surface area contributed by atoms with Gasteiger partial charge in [-0.2, -0.15) is 0 Å². The maximum absolute atomic E-state index is 13.5. The van der Waals surface area contributed by atoms with Crippen LogP contribution in [0.15, 0.2) is 109 Å². The number of hydrogen-bond donors (Lipinski definition) is 1. The molecule has 1 atom stereocenters. The van der Waals surface area contributed by atoms with Crippen LogP contribution in [0.2, 0.25) is 0 Å². The molecule has 5 heteroatoms. The Balaban J connectivity index is 1.24. The second-order valence-electron chi connectivity index (χ2n) is 9.83. The van der Waals surface area contributed by atoms with E-state index in [2.05, 4.69) is 41.6 Å². The van der Waals surface area contributed by atoms with Gasteiger partial charge >= 0.3 is 0 Å². The lowest BCUT2D eigenvalue weighted by molar-refractivity contribution is -0.119. The number of para-hydroxylation sites is 1. The number of fused-ring (bicyclic) bond motifs is 3. The molecular weight excluding hydrogens is 470 g/mol. The number of nitrogens with zero attached hydrogens (tertiary/aromatic N) is 2. The Morgan fingerprint density at radius 1 is 0.842 bits per heavy atom. The van der Waals surface area contributed by atoms with Crippen LogP contribution in [0.3, 0.4) is 0 Å². The van der Waals surface area contributed by atoms with E-state index in [1.54, 1.807) is 4.90 Å². The predicted molar refractivity (Wildman–Crippen MR) is 154 cm³/mol. The van der Waals surface area contributed by atoms with Crippen molar-refractivity contribution in [2.24, 2.45) is 0 Å². The molecule has 0 aliphatic carbocycles. The smallest absolute Gasteiger partial charge is 0.254 e. The highest BCUT2D eigenvalue weighted by Gasteiger charge is 2.36. The van der Waals surface area contributed by atoms with Crippen LogP contribution in [0, 0.1) is 0 Å². The molecular formula is C33H29N3O2. The fraction of sp³-hybridized carbons (Fsp3) is 0.152. The first-order chi connectivity index (χ1) is 18.5. The minimum Gasteiger partial charge on any atom is -0.341 e. The zero-order chi connectivity index (χ0) is 26.2. The molecule has 1 N–H and O–H groups in total. The van der Waals surface area contributed by atoms with Gasteiger partial charge in [-0.3, -0.25) is 9.59 Å². The van der Waals surface area contributed by atoms with E-state index in [9.17, 15) is 9.59 Å². The highest BCUT2D eigenvalue weighted by molar-refractivity contribution is 6.10. The third kappa shape index (κ3) is 4.16. The van der Waals surface area contributed by atoms with Crippen LogP contribution in [0.4, 0.5) is 5.69 Å². The van der Waals surface area contributed by atoms with Gasteiger partial charge in [0.2, 0.25) is 5.91 Å². The summed E-state index contributed by atoms with van der Waals surface area (Å²) in [5, 5.41) is 5.33. The van der Waals surface area contributed by atoms with Crippen molar-refractivity contribution in [2.75, 3.05) is 11.9 Å². The molecule has 5 aromatic rings. The van der Waals surface area contributed by atoms with Crippen LogP contribution in [0.5, 0.6) is 0 Å². The highest BCUT2D eigenvalue weighted by atomic mass is 16.2. The lowest BCUT2D eigenvalue weighted by atomic mass is 10.0. The van der Waals surface area contributed by atoms with Gasteiger partial charge in [-0.1, -0.05) is 72.8 Å². The van der Waals surface area contributed by atoms with E-state index in [1.165, 1.54) is 5.52 Å². The third-order valence-corrected chi connectivity index (χ3v) is 7.41. The number of nitrogens with one attached hydrogen (secondary N) is 1. The minimum absolute atomic E-state index is 0.162. The monoisotopic (exact) mass is 499 g/mol. The van der Waals surface area contributed by atoms with E-state index in [0.717, 1.165) is 45.2 Å². The molecule has 1 aliphatic rings. The SMILES string of the molecule is C=C1C[C@@H](C(=O)Nc2ccc3c(c2)c2ccccc2n3CC)N(C(=O)c2ccc(-c3ccccc3)cc2)C1. The molecule has 0 radical (unpaired) electrons. The maximum Gasteiger partial charge on any atom is 0.254 e. The highest BCUT2D eigenvalue weighted by Crippen LogP contribution is 2.32. The van der Waals surface area contributed by atoms with Crippen molar-refractivity contribution >= 4 is 39.3 Å². The average Bonchev–Trinajstić information content (AvgIpc) is 3.50. The first kappa shape index (κ1) is 23.7. The number of aryl methyl sites for hydroxylation is 1. The summed E-state index contributed by atoms with van der Waals surface area (Å²) < 4.78 is 2.28. The summed E-state index contributed by atoms with van der Waals surface area (Å²) in [6.45, 7) is 7.46. The van der Waals surface area contributed by atoms with Gasteiger partial charge in [-0.05, 0) is 60.9 Å². The zero-order valence-corrected chi connectivity index (χ0v) is 21.4. The van der Waals surface area contributed by atoms with Gasteiger partial charge in [0.15, 0.2) is 0 Å². The zero-order valence-electron chi connectivity index (χ0n) is 21.4. The van der Waals surface area contributed by atoms with E-state index in [-0.39, 0.29) is 11.8 Å². The van der Waals surface area contributed by atoms with Crippen molar-refractivity contribution in [1.82, 2.24) is 9.47 Å². The number of likely N-dealkylation sites (tertiary alicyclic amines) is 1. The number of rotatable bonds is 5. The number of carbonyl (C=O) groups excluding carboxylic acids is 2. The van der Waals surface area contributed by atoms with Gasteiger partial charge in [0, 0.05) is 46.1 Å². The standard InChI is InChI=1S/C33H29N3O2/c1-3-35-29-12-8-7-11-27(29)28-20-26(17-18-30(28)35)34-32(37)31-19-22(2)21-36(31)33(38)25-15-13-24(14-16-25)23-9-5-4-6-10-23/h4-18,20,31H,2-3,19,21H2,1H3,(H,34,37)/t31-/m0/s1. The van der Waals surface area contributed by atoms with E-state index in [4.69, 9.17) is 0 Å². The molecule has 4 aromatic carbocycles. The Bertz CT molecular complexity index is 1680. The van der Waals surface area contributed by atoms with E-state index in [1.807, 2.05) is 78.9 Å². The molecule has 2 heterocycles. The number of anilines is 1. The molecule has 1 aromatic heterocycles. The van der Waals surface area contributed by atoms with Gasteiger partial charge in [-0.25, -0.2) is 0 Å². The van der Waals surface area contributed by atoms with Crippen LogP contribution in [-0.4, -0.2) is 33.9 Å². The van der Waals surface area contributed by atoms with Crippen molar-refractivity contribution in [2.45, 2.75) is 25.9 Å². The quantitative estimate of drug-likeness (QED) is 0.268. The summed E-state index contributed by atoms with van der Waals surface area (Å²) in [4.78, 5) is 28.6. The van der Waals surface area contributed by atoms with Crippen molar-refractivity contribution in [1.29, 1.82) is 0 Å². The molecule has 1 fully saturated rings. The molecule has 1 aliphatic heterocycles. The molecule has 0 unspecified atom stereocenters. The fourth-order valence-electron chi connectivity index (χ4n) is 5.55. The summed E-state index contributed by atoms with van der Waals surface area (Å²) >= 11 is 0. The molecule has 0 spiro atoms. The van der Waals surface area contributed by atoms with Gasteiger partial charge in [0.25, 0.3) is 5.91 Å². The lowest BCUT2D eigenvalue weighted by Crippen LogP contribution is -2.43. The van der Waals surface area contributed by atoms with Gasteiger partial charge in [-0.15, -0.1) is 0 Å². The predicted octanol–water partition coefficient (Wildman–Crippen LogP) is 6.89. The van der Waals surface area contributed by atoms with Gasteiger partial charge in [0.1, 0.15) is 6.04 Å². The number of amides is 2. The molecule has 0 bridgehead atoms. The summed E-state index contributed by atoms with van der Waals surface area (Å²) in [5.41, 5.74) is 6.61. The number of carbonyl (C=O) groups is 2. The number of benzene rings is 4.